The van der Waals surface area contributed by atoms with E-state index < -0.39 is 0 Å². The molecule has 0 unspecified atom stereocenters. The molecule has 0 radical (unpaired) electrons. The molecule has 0 aromatic heterocycles. The van der Waals surface area contributed by atoms with Crippen LogP contribution in [-0.4, -0.2) is 5.91 Å². The first-order valence-electron chi connectivity index (χ1n) is 9.59. The number of anilines is 1. The maximum absolute atomic E-state index is 13.1. The van der Waals surface area contributed by atoms with Gasteiger partial charge in [-0.2, -0.15) is 0 Å². The lowest BCUT2D eigenvalue weighted by Gasteiger charge is -2.11. The summed E-state index contributed by atoms with van der Waals surface area (Å²) in [4.78, 5) is 13.1. The number of aryl methyl sites for hydroxylation is 1. The molecule has 0 spiro atoms. The number of rotatable bonds is 7. The Morgan fingerprint density at radius 3 is 2.29 bits per heavy atom. The van der Waals surface area contributed by atoms with Crippen molar-refractivity contribution in [1.82, 2.24) is 0 Å². The van der Waals surface area contributed by atoms with Crippen LogP contribution in [0.3, 0.4) is 0 Å². The molecule has 142 valence electrons. The van der Waals surface area contributed by atoms with E-state index in [4.69, 9.17) is 11.6 Å². The van der Waals surface area contributed by atoms with E-state index in [1.54, 1.807) is 0 Å². The highest BCUT2D eigenvalue weighted by atomic mass is 35.5. The van der Waals surface area contributed by atoms with E-state index in [9.17, 15) is 4.79 Å². The Morgan fingerprint density at radius 1 is 0.929 bits per heavy atom. The van der Waals surface area contributed by atoms with E-state index in [0.29, 0.717) is 10.6 Å². The van der Waals surface area contributed by atoms with Gasteiger partial charge in [-0.25, -0.2) is 0 Å². The zero-order chi connectivity index (χ0) is 19.8. The van der Waals surface area contributed by atoms with Crippen molar-refractivity contribution in [2.24, 2.45) is 0 Å². The van der Waals surface area contributed by atoms with E-state index in [1.165, 1.54) is 18.4 Å². The summed E-state index contributed by atoms with van der Waals surface area (Å²) in [7, 11) is 0. The number of hydrogen-bond acceptors (Lipinski definition) is 1. The average Bonchev–Trinajstić information content (AvgIpc) is 2.73. The topological polar surface area (TPSA) is 29.1 Å². The number of hydrogen-bond donors (Lipinski definition) is 1. The van der Waals surface area contributed by atoms with Crippen LogP contribution < -0.4 is 5.32 Å². The molecule has 0 aliphatic carbocycles. The van der Waals surface area contributed by atoms with Gasteiger partial charge in [0.25, 0.3) is 5.91 Å². The third-order valence-corrected chi connectivity index (χ3v) is 4.91. The number of carbonyl (C=O) groups is 1. The molecule has 0 saturated heterocycles. The predicted octanol–water partition coefficient (Wildman–Crippen LogP) is 6.86. The number of unbranched alkanes of at least 4 members (excludes halogenated alkanes) is 1. The van der Waals surface area contributed by atoms with E-state index in [-0.39, 0.29) is 5.91 Å². The monoisotopic (exact) mass is 389 g/mol. The van der Waals surface area contributed by atoms with Gasteiger partial charge in [0.15, 0.2) is 0 Å². The van der Waals surface area contributed by atoms with Gasteiger partial charge in [0.1, 0.15) is 0 Å². The molecule has 3 heteroatoms. The Bertz CT molecular complexity index is 946. The van der Waals surface area contributed by atoms with Gasteiger partial charge in [-0.05, 0) is 53.8 Å². The summed E-state index contributed by atoms with van der Waals surface area (Å²) in [5, 5.41) is 3.63. The maximum atomic E-state index is 13.1. The molecule has 0 heterocycles. The molecular formula is C25H24ClNO. The number of carbonyl (C=O) groups excluding carboxylic acids is 1. The van der Waals surface area contributed by atoms with E-state index in [0.717, 1.165) is 23.2 Å². The molecule has 3 rings (SSSR count). The lowest BCUT2D eigenvalue weighted by atomic mass is 10.0. The van der Waals surface area contributed by atoms with Crippen molar-refractivity contribution in [3.05, 3.63) is 101 Å². The van der Waals surface area contributed by atoms with Crippen LogP contribution in [0.15, 0.2) is 78.9 Å². The molecular weight excluding hydrogens is 366 g/mol. The summed E-state index contributed by atoms with van der Waals surface area (Å²) in [5.41, 5.74) is 4.30. The smallest absolute Gasteiger partial charge is 0.256 e. The number of benzene rings is 3. The van der Waals surface area contributed by atoms with Gasteiger partial charge in [0.2, 0.25) is 0 Å². The minimum absolute atomic E-state index is 0.160. The van der Waals surface area contributed by atoms with Crippen LogP contribution >= 0.6 is 11.6 Å². The molecule has 3 aromatic carbocycles. The molecule has 0 aliphatic rings. The number of nitrogens with one attached hydrogen (secondary N) is 1. The SMILES string of the molecule is CCCCc1ccc(NC(=O)/C(=C/c2ccccc2Cl)c2ccccc2)cc1. The van der Waals surface area contributed by atoms with Gasteiger partial charge in [0.05, 0.1) is 0 Å². The quantitative estimate of drug-likeness (QED) is 0.347. The second kappa shape index (κ2) is 9.91. The molecule has 0 saturated carbocycles. The third-order valence-electron chi connectivity index (χ3n) is 4.57. The number of amides is 1. The first-order valence-corrected chi connectivity index (χ1v) is 9.97. The van der Waals surface area contributed by atoms with Crippen LogP contribution in [0.2, 0.25) is 5.02 Å². The summed E-state index contributed by atoms with van der Waals surface area (Å²) in [5.74, 6) is -0.160. The zero-order valence-electron chi connectivity index (χ0n) is 16.0. The molecule has 1 amide bonds. The summed E-state index contributed by atoms with van der Waals surface area (Å²) < 4.78 is 0. The molecule has 0 fully saturated rings. The van der Waals surface area contributed by atoms with Crippen LogP contribution in [-0.2, 0) is 11.2 Å². The molecule has 1 N–H and O–H groups in total. The molecule has 2 nitrogen and oxygen atoms in total. The van der Waals surface area contributed by atoms with Gasteiger partial charge in [-0.15, -0.1) is 0 Å². The maximum Gasteiger partial charge on any atom is 0.256 e. The van der Waals surface area contributed by atoms with Crippen molar-refractivity contribution in [2.75, 3.05) is 5.32 Å². The van der Waals surface area contributed by atoms with Crippen LogP contribution in [0, 0.1) is 0 Å². The largest absolute Gasteiger partial charge is 0.322 e. The summed E-state index contributed by atoms with van der Waals surface area (Å²) in [6, 6.07) is 25.2. The van der Waals surface area contributed by atoms with Crippen molar-refractivity contribution in [1.29, 1.82) is 0 Å². The minimum atomic E-state index is -0.160. The van der Waals surface area contributed by atoms with Crippen molar-refractivity contribution in [2.45, 2.75) is 26.2 Å². The highest BCUT2D eigenvalue weighted by Crippen LogP contribution is 2.24. The fourth-order valence-electron chi connectivity index (χ4n) is 2.98. The minimum Gasteiger partial charge on any atom is -0.322 e. The van der Waals surface area contributed by atoms with Gasteiger partial charge in [-0.1, -0.05) is 85.6 Å². The molecule has 28 heavy (non-hydrogen) atoms. The second-order valence-electron chi connectivity index (χ2n) is 6.70. The number of halogens is 1. The van der Waals surface area contributed by atoms with Crippen molar-refractivity contribution < 1.29 is 4.79 Å². The Kier molecular flexibility index (Phi) is 7.05. The highest BCUT2D eigenvalue weighted by Gasteiger charge is 2.13. The van der Waals surface area contributed by atoms with Crippen molar-refractivity contribution in [3.63, 3.8) is 0 Å². The van der Waals surface area contributed by atoms with Gasteiger partial charge in [0, 0.05) is 16.3 Å². The highest BCUT2D eigenvalue weighted by molar-refractivity contribution is 6.34. The standard InChI is InChI=1S/C25H24ClNO/c1-2-3-9-19-14-16-22(17-15-19)27-25(28)23(20-10-5-4-6-11-20)18-21-12-7-8-13-24(21)26/h4-8,10-18H,2-3,9H2,1H3,(H,27,28)/b23-18+. The predicted molar refractivity (Wildman–Crippen MR) is 119 cm³/mol. The van der Waals surface area contributed by atoms with Crippen LogP contribution in [0.1, 0.15) is 36.5 Å². The normalized spacial score (nSPS) is 11.3. The lowest BCUT2D eigenvalue weighted by molar-refractivity contribution is -0.111. The first kappa shape index (κ1) is 19.9. The average molecular weight is 390 g/mol. The van der Waals surface area contributed by atoms with Crippen LogP contribution in [0.5, 0.6) is 0 Å². The fourth-order valence-corrected chi connectivity index (χ4v) is 3.17. The van der Waals surface area contributed by atoms with Crippen molar-refractivity contribution >= 4 is 34.8 Å². The van der Waals surface area contributed by atoms with Gasteiger partial charge >= 0.3 is 0 Å². The molecule has 0 bridgehead atoms. The zero-order valence-corrected chi connectivity index (χ0v) is 16.7. The van der Waals surface area contributed by atoms with Crippen molar-refractivity contribution in [3.8, 4) is 0 Å². The summed E-state index contributed by atoms with van der Waals surface area (Å²) >= 11 is 6.30. The summed E-state index contributed by atoms with van der Waals surface area (Å²) in [6.07, 6.45) is 5.24. The first-order chi connectivity index (χ1) is 13.7. The van der Waals surface area contributed by atoms with E-state index in [2.05, 4.69) is 24.4 Å². The van der Waals surface area contributed by atoms with Crippen LogP contribution in [0.25, 0.3) is 11.6 Å². The van der Waals surface area contributed by atoms with Gasteiger partial charge in [-0.3, -0.25) is 4.79 Å². The summed E-state index contributed by atoms with van der Waals surface area (Å²) in [6.45, 7) is 2.19. The third kappa shape index (κ3) is 5.34. The Balaban J connectivity index is 1.86. The Hall–Kier alpha value is -2.84. The van der Waals surface area contributed by atoms with Crippen LogP contribution in [0.4, 0.5) is 5.69 Å². The molecule has 0 atom stereocenters. The second-order valence-corrected chi connectivity index (χ2v) is 7.11. The van der Waals surface area contributed by atoms with E-state index in [1.807, 2.05) is 72.8 Å². The Labute approximate surface area is 171 Å². The molecule has 3 aromatic rings. The Morgan fingerprint density at radius 2 is 1.61 bits per heavy atom. The fraction of sp³-hybridized carbons (Fsp3) is 0.160. The van der Waals surface area contributed by atoms with Gasteiger partial charge < -0.3 is 5.32 Å². The lowest BCUT2D eigenvalue weighted by Crippen LogP contribution is -2.13. The van der Waals surface area contributed by atoms with E-state index >= 15 is 0 Å². The molecule has 0 aliphatic heterocycles.